The molecule has 0 spiro atoms. The van der Waals surface area contributed by atoms with Crippen LogP contribution in [0.3, 0.4) is 0 Å². The normalized spacial score (nSPS) is 31.4. The summed E-state index contributed by atoms with van der Waals surface area (Å²) < 4.78 is 37.6. The second kappa shape index (κ2) is 4.61. The number of rotatable bonds is 3. The highest BCUT2D eigenvalue weighted by Crippen LogP contribution is 2.47. The first kappa shape index (κ1) is 13.3. The second-order valence-corrected chi connectivity index (χ2v) is 4.39. The Hall–Kier alpha value is -0.780. The van der Waals surface area contributed by atoms with Crippen molar-refractivity contribution >= 4 is 5.97 Å². The molecular weight excluding hydrogens is 225 g/mol. The van der Waals surface area contributed by atoms with Crippen molar-refractivity contribution in [3.8, 4) is 0 Å². The van der Waals surface area contributed by atoms with E-state index in [2.05, 4.69) is 0 Å². The smallest absolute Gasteiger partial charge is 0.391 e. The van der Waals surface area contributed by atoms with E-state index in [1.807, 2.05) is 0 Å². The maximum atomic E-state index is 12.5. The molecule has 16 heavy (non-hydrogen) atoms. The first-order valence-electron chi connectivity index (χ1n) is 5.23. The van der Waals surface area contributed by atoms with Crippen molar-refractivity contribution in [3.05, 3.63) is 0 Å². The van der Waals surface area contributed by atoms with Gasteiger partial charge in [0.1, 0.15) is 0 Å². The van der Waals surface area contributed by atoms with Gasteiger partial charge in [0.15, 0.2) is 0 Å². The monoisotopic (exact) mass is 240 g/mol. The molecule has 0 saturated heterocycles. The number of halogens is 3. The number of aliphatic hydroxyl groups excluding tert-OH is 1. The fourth-order valence-corrected chi connectivity index (χ4v) is 2.38. The lowest BCUT2D eigenvalue weighted by atomic mass is 9.67. The third kappa shape index (κ3) is 2.66. The van der Waals surface area contributed by atoms with Crippen LogP contribution in [0.5, 0.6) is 0 Å². The van der Waals surface area contributed by atoms with Crippen molar-refractivity contribution in [2.24, 2.45) is 11.3 Å². The Morgan fingerprint density at radius 3 is 2.50 bits per heavy atom. The van der Waals surface area contributed by atoms with Crippen LogP contribution in [-0.2, 0) is 4.79 Å². The number of alkyl halides is 3. The minimum atomic E-state index is -4.34. The molecule has 1 aliphatic carbocycles. The van der Waals surface area contributed by atoms with Gasteiger partial charge in [-0.2, -0.15) is 13.2 Å². The standard InChI is InChI=1S/C10H15F3O3/c11-10(12,13)7-2-1-3-9(6-7,4-5-14)8(15)16/h7,14H,1-6H2,(H,15,16). The first-order chi connectivity index (χ1) is 7.32. The molecule has 1 fully saturated rings. The van der Waals surface area contributed by atoms with E-state index in [1.54, 1.807) is 0 Å². The highest BCUT2D eigenvalue weighted by Gasteiger charge is 2.50. The predicted molar refractivity (Wildman–Crippen MR) is 49.8 cm³/mol. The Balaban J connectivity index is 2.83. The number of carboxylic acids is 1. The second-order valence-electron chi connectivity index (χ2n) is 4.39. The van der Waals surface area contributed by atoms with Crippen molar-refractivity contribution in [1.29, 1.82) is 0 Å². The van der Waals surface area contributed by atoms with Crippen LogP contribution in [0.1, 0.15) is 32.1 Å². The molecule has 1 aliphatic rings. The topological polar surface area (TPSA) is 57.5 Å². The van der Waals surface area contributed by atoms with Crippen LogP contribution in [0.15, 0.2) is 0 Å². The number of carboxylic acid groups (broad SMARTS) is 1. The minimum absolute atomic E-state index is 0.00996. The third-order valence-electron chi connectivity index (χ3n) is 3.35. The summed E-state index contributed by atoms with van der Waals surface area (Å²) in [6.07, 6.45) is -4.40. The molecule has 1 rings (SSSR count). The average Bonchev–Trinajstić information content (AvgIpc) is 2.17. The fourth-order valence-electron chi connectivity index (χ4n) is 2.38. The highest BCUT2D eigenvalue weighted by molar-refractivity contribution is 5.74. The number of aliphatic hydroxyl groups is 1. The fraction of sp³-hybridized carbons (Fsp3) is 0.900. The SMILES string of the molecule is O=C(O)C1(CCO)CCCC(C(F)(F)F)C1. The van der Waals surface area contributed by atoms with E-state index in [0.717, 1.165) is 0 Å². The van der Waals surface area contributed by atoms with Gasteiger partial charge >= 0.3 is 12.1 Å². The molecule has 94 valence electrons. The zero-order valence-electron chi connectivity index (χ0n) is 8.76. The molecule has 2 atom stereocenters. The van der Waals surface area contributed by atoms with E-state index >= 15 is 0 Å². The van der Waals surface area contributed by atoms with E-state index in [9.17, 15) is 18.0 Å². The van der Waals surface area contributed by atoms with Gasteiger partial charge in [-0.25, -0.2) is 0 Å². The Morgan fingerprint density at radius 1 is 1.44 bits per heavy atom. The Bertz CT molecular complexity index is 261. The number of carbonyl (C=O) groups is 1. The van der Waals surface area contributed by atoms with Crippen LogP contribution in [0.25, 0.3) is 0 Å². The molecule has 0 aliphatic heterocycles. The van der Waals surface area contributed by atoms with Gasteiger partial charge in [-0.05, 0) is 25.7 Å². The summed E-state index contributed by atoms with van der Waals surface area (Å²) in [4.78, 5) is 11.1. The number of aliphatic carboxylic acids is 1. The summed E-state index contributed by atoms with van der Waals surface area (Å²) in [6.45, 7) is -0.392. The molecule has 0 aromatic rings. The van der Waals surface area contributed by atoms with Gasteiger partial charge in [-0.15, -0.1) is 0 Å². The van der Waals surface area contributed by atoms with Gasteiger partial charge in [0.2, 0.25) is 0 Å². The first-order valence-corrected chi connectivity index (χ1v) is 5.23. The van der Waals surface area contributed by atoms with Crippen LogP contribution in [0, 0.1) is 11.3 Å². The van der Waals surface area contributed by atoms with Crippen molar-refractivity contribution in [2.45, 2.75) is 38.3 Å². The van der Waals surface area contributed by atoms with Crippen molar-refractivity contribution in [1.82, 2.24) is 0 Å². The maximum absolute atomic E-state index is 12.5. The highest BCUT2D eigenvalue weighted by atomic mass is 19.4. The zero-order chi connectivity index (χ0) is 12.4. The largest absolute Gasteiger partial charge is 0.481 e. The molecule has 0 aromatic carbocycles. The number of hydrogen-bond acceptors (Lipinski definition) is 2. The van der Waals surface area contributed by atoms with Crippen molar-refractivity contribution in [3.63, 3.8) is 0 Å². The van der Waals surface area contributed by atoms with Crippen LogP contribution >= 0.6 is 0 Å². The minimum Gasteiger partial charge on any atom is -0.481 e. The molecule has 3 nitrogen and oxygen atoms in total. The van der Waals surface area contributed by atoms with E-state index in [-0.39, 0.29) is 25.7 Å². The van der Waals surface area contributed by atoms with E-state index in [0.29, 0.717) is 0 Å². The van der Waals surface area contributed by atoms with Crippen LogP contribution in [0.2, 0.25) is 0 Å². The number of hydrogen-bond donors (Lipinski definition) is 2. The van der Waals surface area contributed by atoms with Gasteiger partial charge in [-0.1, -0.05) is 6.42 Å². The molecule has 2 unspecified atom stereocenters. The molecular formula is C10H15F3O3. The Kier molecular flexibility index (Phi) is 3.83. The van der Waals surface area contributed by atoms with Gasteiger partial charge in [-0.3, -0.25) is 4.79 Å². The summed E-state index contributed by atoms with van der Waals surface area (Å²) in [5.74, 6) is -2.78. The molecule has 1 saturated carbocycles. The zero-order valence-corrected chi connectivity index (χ0v) is 8.76. The van der Waals surface area contributed by atoms with E-state index in [1.165, 1.54) is 0 Å². The van der Waals surface area contributed by atoms with Gasteiger partial charge in [0, 0.05) is 6.61 Å². The van der Waals surface area contributed by atoms with Crippen molar-refractivity contribution in [2.75, 3.05) is 6.61 Å². The summed E-state index contributed by atoms with van der Waals surface area (Å²) in [5.41, 5.74) is -1.40. The van der Waals surface area contributed by atoms with Gasteiger partial charge in [0.25, 0.3) is 0 Å². The van der Waals surface area contributed by atoms with Crippen LogP contribution in [0.4, 0.5) is 13.2 Å². The summed E-state index contributed by atoms with van der Waals surface area (Å²) in [7, 11) is 0. The molecule has 6 heteroatoms. The summed E-state index contributed by atoms with van der Waals surface area (Å²) in [6, 6.07) is 0. The molecule has 0 amide bonds. The third-order valence-corrected chi connectivity index (χ3v) is 3.35. The average molecular weight is 240 g/mol. The maximum Gasteiger partial charge on any atom is 0.391 e. The van der Waals surface area contributed by atoms with Crippen molar-refractivity contribution < 1.29 is 28.2 Å². The van der Waals surface area contributed by atoms with Gasteiger partial charge < -0.3 is 10.2 Å². The molecule has 0 bridgehead atoms. The van der Waals surface area contributed by atoms with E-state index in [4.69, 9.17) is 10.2 Å². The molecule has 0 aromatic heterocycles. The molecule has 0 radical (unpaired) electrons. The summed E-state index contributed by atoms with van der Waals surface area (Å²) >= 11 is 0. The molecule has 2 N–H and O–H groups in total. The lowest BCUT2D eigenvalue weighted by Gasteiger charge is -2.38. The lowest BCUT2D eigenvalue weighted by molar-refractivity contribution is -0.197. The molecule has 0 heterocycles. The Labute approximate surface area is 91.3 Å². The van der Waals surface area contributed by atoms with E-state index < -0.39 is 36.5 Å². The lowest BCUT2D eigenvalue weighted by Crippen LogP contribution is -2.41. The van der Waals surface area contributed by atoms with Crippen LogP contribution < -0.4 is 0 Å². The van der Waals surface area contributed by atoms with Gasteiger partial charge in [0.05, 0.1) is 11.3 Å². The quantitative estimate of drug-likeness (QED) is 0.795. The Morgan fingerprint density at radius 2 is 2.06 bits per heavy atom. The predicted octanol–water partition coefficient (Wildman–Crippen LogP) is 2.19. The van der Waals surface area contributed by atoms with Crippen LogP contribution in [-0.4, -0.2) is 29.0 Å². The summed E-state index contributed by atoms with van der Waals surface area (Å²) in [5, 5.41) is 17.8.